The van der Waals surface area contributed by atoms with E-state index >= 15 is 0 Å². The first-order chi connectivity index (χ1) is 15.2. The summed E-state index contributed by atoms with van der Waals surface area (Å²) in [6.07, 6.45) is 4.51. The first-order valence-corrected chi connectivity index (χ1v) is 13.9. The summed E-state index contributed by atoms with van der Waals surface area (Å²) in [5.74, 6) is -0.593. The fourth-order valence-electron chi connectivity index (χ4n) is 2.51. The Balaban J connectivity index is 0.000000241. The summed E-state index contributed by atoms with van der Waals surface area (Å²) in [4.78, 5) is 21.8. The number of aromatic carboxylic acids is 1. The van der Waals surface area contributed by atoms with Crippen LogP contribution in [0.2, 0.25) is 0 Å². The van der Waals surface area contributed by atoms with Crippen molar-refractivity contribution in [3.63, 3.8) is 0 Å². The summed E-state index contributed by atoms with van der Waals surface area (Å²) >= 11 is 17.1. The first kappa shape index (κ1) is 29.3. The van der Waals surface area contributed by atoms with E-state index in [2.05, 4.69) is 37.9 Å². The Labute approximate surface area is 219 Å². The zero-order valence-corrected chi connectivity index (χ0v) is 22.3. The van der Waals surface area contributed by atoms with E-state index in [0.717, 1.165) is 28.6 Å². The van der Waals surface area contributed by atoms with Crippen molar-refractivity contribution >= 4 is 87.8 Å². The van der Waals surface area contributed by atoms with Crippen LogP contribution < -0.4 is 5.11 Å². The molecule has 1 fully saturated rings. The Kier molecular flexibility index (Phi) is 15.3. The van der Waals surface area contributed by atoms with Crippen molar-refractivity contribution < 1.29 is 19.8 Å². The predicted octanol–water partition coefficient (Wildman–Crippen LogP) is 5.70. The number of aliphatic carboxylic acids is 1. The maximum atomic E-state index is 10.4. The monoisotopic (exact) mass is 545 g/mol. The highest BCUT2D eigenvalue weighted by Crippen LogP contribution is 2.39. The van der Waals surface area contributed by atoms with Crippen LogP contribution in [0.3, 0.4) is 0 Å². The molecule has 1 aliphatic heterocycles. The molecule has 0 amide bonds. The van der Waals surface area contributed by atoms with E-state index < -0.39 is 11.9 Å². The smallest absolute Gasteiger partial charge is 0.336 e. The fourth-order valence-corrected chi connectivity index (χ4v) is 6.61. The largest absolute Gasteiger partial charge is 0.550 e. The van der Waals surface area contributed by atoms with Gasteiger partial charge in [0.15, 0.2) is 0 Å². The number of thiol groups is 3. The van der Waals surface area contributed by atoms with E-state index in [9.17, 15) is 14.7 Å². The lowest BCUT2D eigenvalue weighted by Gasteiger charge is -2.06. The number of carboxylic acids is 2. The van der Waals surface area contributed by atoms with E-state index in [1.54, 1.807) is 18.2 Å². The molecule has 1 unspecified atom stereocenters. The molecule has 1 heterocycles. The molecule has 2 aromatic rings. The van der Waals surface area contributed by atoms with Crippen molar-refractivity contribution in [2.45, 2.75) is 47.1 Å². The lowest BCUT2D eigenvalue weighted by atomic mass is 10.1. The van der Waals surface area contributed by atoms with Gasteiger partial charge in [-0.1, -0.05) is 70.6 Å². The van der Waals surface area contributed by atoms with Gasteiger partial charge in [0.05, 0.1) is 9.76 Å². The Morgan fingerprint density at radius 2 is 1.59 bits per heavy atom. The van der Waals surface area contributed by atoms with E-state index in [0.29, 0.717) is 9.09 Å². The maximum absolute atomic E-state index is 10.4. The number of hydrogen-bond acceptors (Lipinski definition) is 8. The summed E-state index contributed by atoms with van der Waals surface area (Å²) in [5.41, 5.74) is 1.16. The van der Waals surface area contributed by atoms with Crippen LogP contribution in [0.15, 0.2) is 58.3 Å². The van der Waals surface area contributed by atoms with Gasteiger partial charge in [-0.15, -0.1) is 37.9 Å². The van der Waals surface area contributed by atoms with Gasteiger partial charge in [0.25, 0.3) is 0 Å². The Morgan fingerprint density at radius 1 is 1.03 bits per heavy atom. The Morgan fingerprint density at radius 3 is 1.97 bits per heavy atom. The molecule has 1 atom stereocenters. The zero-order chi connectivity index (χ0) is 23.9. The predicted molar refractivity (Wildman–Crippen MR) is 147 cm³/mol. The molecule has 174 valence electrons. The molecular weight excluding hydrogens is 521 g/mol. The zero-order valence-electron chi connectivity index (χ0n) is 17.2. The topological polar surface area (TPSA) is 77.4 Å². The highest BCUT2D eigenvalue weighted by molar-refractivity contribution is 8.77. The Hall–Kier alpha value is -0.780. The molecule has 1 aliphatic rings. The molecule has 1 N–H and O–H groups in total. The number of carbonyl (C=O) groups is 2. The number of hydrogen-bond donors (Lipinski definition) is 4. The average molecular weight is 546 g/mol. The fraction of sp³-hybridized carbons (Fsp3) is 0.318. The van der Waals surface area contributed by atoms with Gasteiger partial charge in [0, 0.05) is 32.3 Å². The second-order valence-corrected chi connectivity index (χ2v) is 11.5. The minimum atomic E-state index is -0.939. The maximum Gasteiger partial charge on any atom is 0.336 e. The third-order valence-electron chi connectivity index (χ3n) is 4.15. The standard InChI is InChI=1S/C8H14O2S2.C7H6O2S.C7H6S3/c9-8(10)4-2-1-3-7-5-6-11-12-7;8-7(9)5-3-1-2-4-6(5)10;8-6-4-2-1-3-5(6)7(9)10/h7H,1-6H2,(H,9,10);1-4,10H,(H,8,9);1-4,8H,(H,9,10)/p-1. The molecule has 1 saturated heterocycles. The van der Waals surface area contributed by atoms with Crippen molar-refractivity contribution in [1.82, 2.24) is 0 Å². The van der Waals surface area contributed by atoms with Crippen LogP contribution in [-0.2, 0) is 4.79 Å². The lowest BCUT2D eigenvalue weighted by molar-refractivity contribution is -0.305. The van der Waals surface area contributed by atoms with Gasteiger partial charge in [-0.3, -0.25) is 0 Å². The quantitative estimate of drug-likeness (QED) is 0.154. The summed E-state index contributed by atoms with van der Waals surface area (Å²) in [6, 6.07) is 14.2. The molecule has 32 heavy (non-hydrogen) atoms. The van der Waals surface area contributed by atoms with E-state index in [1.807, 2.05) is 45.9 Å². The molecule has 4 nitrogen and oxygen atoms in total. The molecule has 0 aromatic heterocycles. The average Bonchev–Trinajstić information content (AvgIpc) is 3.26. The van der Waals surface area contributed by atoms with E-state index in [4.69, 9.17) is 17.3 Å². The lowest BCUT2D eigenvalue weighted by Crippen LogP contribution is -2.21. The van der Waals surface area contributed by atoms with Gasteiger partial charge in [-0.25, -0.2) is 4.79 Å². The first-order valence-electron chi connectivity index (χ1n) is 9.73. The summed E-state index contributed by atoms with van der Waals surface area (Å²) < 4.78 is 0.589. The number of unbranched alkanes of at least 4 members (excludes halogenated alkanes) is 1. The van der Waals surface area contributed by atoms with Crippen molar-refractivity contribution in [3.05, 3.63) is 59.7 Å². The van der Waals surface area contributed by atoms with Crippen LogP contribution in [0, 0.1) is 0 Å². The summed E-state index contributed by atoms with van der Waals surface area (Å²) in [7, 11) is 3.89. The highest BCUT2D eigenvalue weighted by atomic mass is 33.1. The number of benzene rings is 2. The van der Waals surface area contributed by atoms with Crippen LogP contribution >= 0.6 is 71.7 Å². The number of thiocarbonyl (C=S) groups is 1. The van der Waals surface area contributed by atoms with Crippen molar-refractivity contribution in [2.24, 2.45) is 0 Å². The number of carboxylic acid groups (broad SMARTS) is 2. The third-order valence-corrected chi connectivity index (χ3v) is 8.40. The van der Waals surface area contributed by atoms with Crippen LogP contribution in [-0.4, -0.2) is 32.2 Å². The molecule has 2 aromatic carbocycles. The van der Waals surface area contributed by atoms with Crippen LogP contribution in [0.1, 0.15) is 48.0 Å². The van der Waals surface area contributed by atoms with Crippen LogP contribution in [0.25, 0.3) is 0 Å². The molecule has 0 bridgehead atoms. The van der Waals surface area contributed by atoms with Gasteiger partial charge in [0.1, 0.15) is 0 Å². The minimum absolute atomic E-state index is 0.227. The number of rotatable bonds is 7. The van der Waals surface area contributed by atoms with Gasteiger partial charge >= 0.3 is 5.97 Å². The second kappa shape index (κ2) is 16.8. The van der Waals surface area contributed by atoms with Gasteiger partial charge in [-0.2, -0.15) is 0 Å². The molecule has 3 rings (SSSR count). The van der Waals surface area contributed by atoms with E-state index in [1.165, 1.54) is 24.7 Å². The number of carbonyl (C=O) groups excluding carboxylic acids is 1. The Bertz CT molecular complexity index is 829. The van der Waals surface area contributed by atoms with Crippen LogP contribution in [0.4, 0.5) is 0 Å². The molecule has 0 radical (unpaired) electrons. The van der Waals surface area contributed by atoms with Crippen molar-refractivity contribution in [3.8, 4) is 0 Å². The molecule has 0 aliphatic carbocycles. The SMILES string of the molecule is O=C(O)c1ccccc1S.O=C([O-])CCCCC1CCSS1.S=C(S)c1ccccc1S. The van der Waals surface area contributed by atoms with Gasteiger partial charge in [0.2, 0.25) is 0 Å². The minimum Gasteiger partial charge on any atom is -0.550 e. The molecular formula is C22H25O4S6-. The van der Waals surface area contributed by atoms with Gasteiger partial charge < -0.3 is 15.0 Å². The van der Waals surface area contributed by atoms with Crippen molar-refractivity contribution in [2.75, 3.05) is 5.75 Å². The molecule has 0 saturated carbocycles. The molecule has 0 spiro atoms. The summed E-state index contributed by atoms with van der Waals surface area (Å²) in [5, 5.41) is 19.4. The van der Waals surface area contributed by atoms with Gasteiger partial charge in [-0.05, 0) is 43.9 Å². The van der Waals surface area contributed by atoms with Crippen LogP contribution in [0.5, 0.6) is 0 Å². The third kappa shape index (κ3) is 12.5. The van der Waals surface area contributed by atoms with Crippen molar-refractivity contribution in [1.29, 1.82) is 0 Å². The highest BCUT2D eigenvalue weighted by Gasteiger charge is 2.15. The summed E-state index contributed by atoms with van der Waals surface area (Å²) in [6.45, 7) is 0. The molecule has 10 heteroatoms. The van der Waals surface area contributed by atoms with E-state index in [-0.39, 0.29) is 12.0 Å². The normalized spacial score (nSPS) is 14.4. The second-order valence-electron chi connectivity index (χ2n) is 6.59.